The van der Waals surface area contributed by atoms with Gasteiger partial charge in [0.2, 0.25) is 0 Å². The van der Waals surface area contributed by atoms with Gasteiger partial charge in [0.1, 0.15) is 12.4 Å². The highest BCUT2D eigenvalue weighted by molar-refractivity contribution is 7.90. The second-order valence-corrected chi connectivity index (χ2v) is 8.84. The van der Waals surface area contributed by atoms with Crippen LogP contribution in [0.5, 0.6) is 0 Å². The number of pyridine rings is 2. The SMILES string of the molecule is CS(=O)(=O)c1ccc(N2CCN(c3nccc(COC(=O)NC(=N)N)c3F)CC2)nc1. The largest absolute Gasteiger partial charge is 0.444 e. The number of aromatic nitrogens is 2. The van der Waals surface area contributed by atoms with Crippen LogP contribution in [0.1, 0.15) is 5.56 Å². The number of hydrogen-bond acceptors (Lipinski definition) is 9. The number of sulfone groups is 1. The van der Waals surface area contributed by atoms with Gasteiger partial charge in [0.25, 0.3) is 0 Å². The predicted octanol–water partition coefficient (Wildman–Crippen LogP) is 0.465. The topological polar surface area (TPSA) is 155 Å². The molecule has 3 heterocycles. The molecular weight excluding hydrogens is 429 g/mol. The average molecular weight is 451 g/mol. The smallest absolute Gasteiger partial charge is 0.414 e. The van der Waals surface area contributed by atoms with Crippen molar-refractivity contribution >= 4 is 33.5 Å². The molecule has 11 nitrogen and oxygen atoms in total. The highest BCUT2D eigenvalue weighted by Crippen LogP contribution is 2.23. The number of amides is 1. The van der Waals surface area contributed by atoms with E-state index < -0.39 is 27.7 Å². The van der Waals surface area contributed by atoms with E-state index in [0.29, 0.717) is 32.0 Å². The van der Waals surface area contributed by atoms with Crippen LogP contribution >= 0.6 is 0 Å². The highest BCUT2D eigenvalue weighted by atomic mass is 32.2. The minimum absolute atomic E-state index is 0.143. The molecule has 1 aliphatic heterocycles. The Labute approximate surface area is 178 Å². The molecule has 4 N–H and O–H groups in total. The maximum Gasteiger partial charge on any atom is 0.414 e. The van der Waals surface area contributed by atoms with Crippen LogP contribution in [0.15, 0.2) is 35.5 Å². The molecule has 0 unspecified atom stereocenters. The molecule has 1 saturated heterocycles. The number of anilines is 2. The summed E-state index contributed by atoms with van der Waals surface area (Å²) in [6.07, 6.45) is 2.93. The van der Waals surface area contributed by atoms with E-state index in [4.69, 9.17) is 15.9 Å². The molecule has 3 rings (SSSR count). The van der Waals surface area contributed by atoms with Crippen molar-refractivity contribution in [3.05, 3.63) is 42.0 Å². The molecule has 1 fully saturated rings. The number of halogens is 1. The minimum Gasteiger partial charge on any atom is -0.444 e. The van der Waals surface area contributed by atoms with E-state index in [1.165, 1.54) is 24.5 Å². The molecule has 0 bridgehead atoms. The van der Waals surface area contributed by atoms with Gasteiger partial charge in [-0.1, -0.05) is 0 Å². The third kappa shape index (κ3) is 5.57. The van der Waals surface area contributed by atoms with Gasteiger partial charge in [0.15, 0.2) is 27.4 Å². The number of alkyl carbamates (subject to hydrolysis) is 1. The summed E-state index contributed by atoms with van der Waals surface area (Å²) in [4.78, 5) is 23.7. The Hall–Kier alpha value is -3.48. The Morgan fingerprint density at radius 3 is 2.48 bits per heavy atom. The fraction of sp³-hybridized carbons (Fsp3) is 0.333. The molecule has 0 atom stereocenters. The highest BCUT2D eigenvalue weighted by Gasteiger charge is 2.23. The number of ether oxygens (including phenoxy) is 1. The zero-order chi connectivity index (χ0) is 22.6. The van der Waals surface area contributed by atoms with Gasteiger partial charge in [-0.25, -0.2) is 27.6 Å². The fourth-order valence-corrected chi connectivity index (χ4v) is 3.58. The maximum absolute atomic E-state index is 14.9. The summed E-state index contributed by atoms with van der Waals surface area (Å²) < 4.78 is 42.9. The van der Waals surface area contributed by atoms with Gasteiger partial charge in [0, 0.05) is 50.4 Å². The first-order chi connectivity index (χ1) is 14.6. The van der Waals surface area contributed by atoms with Crippen LogP contribution in [-0.2, 0) is 21.2 Å². The summed E-state index contributed by atoms with van der Waals surface area (Å²) in [5, 5.41) is 8.92. The third-order valence-electron chi connectivity index (χ3n) is 4.60. The van der Waals surface area contributed by atoms with Gasteiger partial charge in [-0.05, 0) is 18.2 Å². The quantitative estimate of drug-likeness (QED) is 0.434. The lowest BCUT2D eigenvalue weighted by atomic mass is 10.2. The number of nitrogens with two attached hydrogens (primary N) is 1. The summed E-state index contributed by atoms with van der Waals surface area (Å²) in [6.45, 7) is 1.67. The monoisotopic (exact) mass is 451 g/mol. The van der Waals surface area contributed by atoms with E-state index >= 15 is 0 Å². The summed E-state index contributed by atoms with van der Waals surface area (Å²) in [6, 6.07) is 4.56. The van der Waals surface area contributed by atoms with E-state index in [2.05, 4.69) is 9.97 Å². The average Bonchev–Trinajstić information content (AvgIpc) is 2.72. The number of nitrogens with zero attached hydrogens (tertiary/aromatic N) is 4. The fourth-order valence-electron chi connectivity index (χ4n) is 3.02. The van der Waals surface area contributed by atoms with E-state index in [9.17, 15) is 17.6 Å². The molecule has 0 saturated carbocycles. The van der Waals surface area contributed by atoms with Gasteiger partial charge >= 0.3 is 6.09 Å². The first-order valence-electron chi connectivity index (χ1n) is 9.22. The van der Waals surface area contributed by atoms with Crippen molar-refractivity contribution < 1.29 is 22.3 Å². The van der Waals surface area contributed by atoms with Crippen LogP contribution in [0, 0.1) is 11.2 Å². The summed E-state index contributed by atoms with van der Waals surface area (Å²) in [5.74, 6) is -0.381. The molecule has 166 valence electrons. The van der Waals surface area contributed by atoms with Gasteiger partial charge in [-0.15, -0.1) is 0 Å². The Balaban J connectivity index is 1.63. The van der Waals surface area contributed by atoms with Crippen molar-refractivity contribution in [2.24, 2.45) is 5.73 Å². The van der Waals surface area contributed by atoms with Crippen LogP contribution < -0.4 is 20.9 Å². The summed E-state index contributed by atoms with van der Waals surface area (Å²) >= 11 is 0. The lowest BCUT2D eigenvalue weighted by molar-refractivity contribution is 0.143. The van der Waals surface area contributed by atoms with E-state index in [-0.39, 0.29) is 22.9 Å². The number of hydrogen-bond donors (Lipinski definition) is 3. The molecular formula is C18H22FN7O4S. The maximum atomic E-state index is 14.9. The number of rotatable bonds is 5. The molecule has 1 amide bonds. The van der Waals surface area contributed by atoms with Crippen molar-refractivity contribution in [3.8, 4) is 0 Å². The Bertz CT molecular complexity index is 1070. The molecule has 13 heteroatoms. The van der Waals surface area contributed by atoms with E-state index in [0.717, 1.165) is 6.26 Å². The molecule has 2 aromatic heterocycles. The van der Waals surface area contributed by atoms with Crippen LogP contribution in [-0.4, -0.2) is 62.9 Å². The Morgan fingerprint density at radius 2 is 1.90 bits per heavy atom. The minimum atomic E-state index is -3.31. The standard InChI is InChI=1S/C18H22FN7O4S/c1-31(28,29)13-2-3-14(23-10-13)25-6-8-26(9-7-25)16-15(19)12(4-5-22-16)11-30-18(27)24-17(20)21/h2-5,10H,6-9,11H2,1H3,(H4,20,21,24,27). The van der Waals surface area contributed by atoms with Crippen LogP contribution in [0.4, 0.5) is 20.8 Å². The Morgan fingerprint density at radius 1 is 1.23 bits per heavy atom. The second-order valence-electron chi connectivity index (χ2n) is 6.82. The second kappa shape index (κ2) is 9.12. The molecule has 1 aliphatic rings. The zero-order valence-corrected chi connectivity index (χ0v) is 17.5. The van der Waals surface area contributed by atoms with Crippen molar-refractivity contribution in [3.63, 3.8) is 0 Å². The van der Waals surface area contributed by atoms with Gasteiger partial charge < -0.3 is 20.3 Å². The van der Waals surface area contributed by atoms with Crippen LogP contribution in [0.3, 0.4) is 0 Å². The zero-order valence-electron chi connectivity index (χ0n) is 16.7. The van der Waals surface area contributed by atoms with E-state index in [1.54, 1.807) is 11.0 Å². The van der Waals surface area contributed by atoms with Crippen molar-refractivity contribution in [1.29, 1.82) is 5.41 Å². The first kappa shape index (κ1) is 22.2. The molecule has 0 aromatic carbocycles. The van der Waals surface area contributed by atoms with Gasteiger partial charge in [-0.2, -0.15) is 0 Å². The predicted molar refractivity (Wildman–Crippen MR) is 111 cm³/mol. The number of guanidine groups is 1. The van der Waals surface area contributed by atoms with Crippen LogP contribution in [0.2, 0.25) is 0 Å². The van der Waals surface area contributed by atoms with E-state index in [1.807, 2.05) is 10.2 Å². The normalized spacial score (nSPS) is 14.3. The summed E-state index contributed by atoms with van der Waals surface area (Å²) in [7, 11) is -3.31. The number of carbonyl (C=O) groups excluding carboxylic acids is 1. The molecule has 2 aromatic rings. The molecule has 0 radical (unpaired) electrons. The van der Waals surface area contributed by atoms with Gasteiger partial charge in [0.05, 0.1) is 4.90 Å². The van der Waals surface area contributed by atoms with Crippen molar-refractivity contribution in [2.75, 3.05) is 42.2 Å². The van der Waals surface area contributed by atoms with Crippen molar-refractivity contribution in [2.45, 2.75) is 11.5 Å². The lowest BCUT2D eigenvalue weighted by Gasteiger charge is -2.36. The van der Waals surface area contributed by atoms with Crippen molar-refractivity contribution in [1.82, 2.24) is 15.3 Å². The van der Waals surface area contributed by atoms with Crippen LogP contribution in [0.25, 0.3) is 0 Å². The molecule has 0 spiro atoms. The first-order valence-corrected chi connectivity index (χ1v) is 11.1. The lowest BCUT2D eigenvalue weighted by Crippen LogP contribution is -2.47. The number of nitrogens with one attached hydrogen (secondary N) is 2. The number of piperazine rings is 1. The third-order valence-corrected chi connectivity index (χ3v) is 5.70. The summed E-state index contributed by atoms with van der Waals surface area (Å²) in [5.41, 5.74) is 5.18. The molecule has 0 aliphatic carbocycles. The number of carbonyl (C=O) groups is 1. The van der Waals surface area contributed by atoms with Gasteiger partial charge in [-0.3, -0.25) is 10.7 Å². The molecule has 31 heavy (non-hydrogen) atoms. The Kier molecular flexibility index (Phi) is 6.53.